The maximum absolute atomic E-state index is 13.7. The third kappa shape index (κ3) is 5.79. The molecule has 1 aliphatic rings. The molecule has 1 aliphatic heterocycles. The molecule has 3 aromatic rings. The number of rotatable bonds is 9. The third-order valence-electron chi connectivity index (χ3n) is 6.52. The molecule has 0 aliphatic carbocycles. The summed E-state index contributed by atoms with van der Waals surface area (Å²) in [5.41, 5.74) is 7.26. The highest BCUT2D eigenvalue weighted by Crippen LogP contribution is 2.23. The van der Waals surface area contributed by atoms with Gasteiger partial charge in [-0.1, -0.05) is 23.8 Å². The van der Waals surface area contributed by atoms with E-state index in [2.05, 4.69) is 5.32 Å². The van der Waals surface area contributed by atoms with E-state index in [1.165, 1.54) is 17.7 Å². The summed E-state index contributed by atoms with van der Waals surface area (Å²) in [5, 5.41) is 2.76. The normalized spacial score (nSPS) is 16.4. The molecule has 4 rings (SSSR count). The zero-order valence-corrected chi connectivity index (χ0v) is 22.5. The van der Waals surface area contributed by atoms with Gasteiger partial charge in [0.05, 0.1) is 6.54 Å². The number of nitrogens with zero attached hydrogens (tertiary/aromatic N) is 5. The number of nitrogens with one attached hydrogen (secondary N) is 1. The molecular formula is C25H33N7O5S. The molecule has 2 atom stereocenters. The van der Waals surface area contributed by atoms with Crippen molar-refractivity contribution in [2.45, 2.75) is 45.8 Å². The van der Waals surface area contributed by atoms with E-state index in [0.29, 0.717) is 24.7 Å². The van der Waals surface area contributed by atoms with Crippen LogP contribution < -0.4 is 27.2 Å². The van der Waals surface area contributed by atoms with Crippen LogP contribution in [0.3, 0.4) is 0 Å². The molecular weight excluding hydrogens is 510 g/mol. The summed E-state index contributed by atoms with van der Waals surface area (Å²) in [6, 6.07) is 6.33. The summed E-state index contributed by atoms with van der Waals surface area (Å²) in [5.74, 6) is -0.0763. The van der Waals surface area contributed by atoms with E-state index in [-0.39, 0.29) is 28.6 Å². The van der Waals surface area contributed by atoms with E-state index in [0.717, 1.165) is 29.5 Å². The number of fused-ring (bicyclic) bond motifs is 1. The fourth-order valence-electron chi connectivity index (χ4n) is 4.56. The van der Waals surface area contributed by atoms with Crippen LogP contribution in [0.25, 0.3) is 11.2 Å². The first-order valence-electron chi connectivity index (χ1n) is 12.4. The highest BCUT2D eigenvalue weighted by Gasteiger charge is 2.26. The van der Waals surface area contributed by atoms with Gasteiger partial charge in [0.25, 0.3) is 5.56 Å². The predicted octanol–water partition coefficient (Wildman–Crippen LogP) is 1.26. The van der Waals surface area contributed by atoms with E-state index >= 15 is 0 Å². The van der Waals surface area contributed by atoms with Crippen LogP contribution in [-0.2, 0) is 31.2 Å². The Morgan fingerprint density at radius 1 is 1.29 bits per heavy atom. The molecule has 0 saturated carbocycles. The van der Waals surface area contributed by atoms with E-state index in [4.69, 9.17) is 15.3 Å². The number of Topliss-reactive ketones (excluding diaryl/α,β-unsaturated/α-hetero) is 1. The van der Waals surface area contributed by atoms with Gasteiger partial charge >= 0.3 is 5.69 Å². The molecule has 0 spiro atoms. The number of carbonyl (C=O) groups excluding carboxylic acids is 1. The Labute approximate surface area is 222 Å². The summed E-state index contributed by atoms with van der Waals surface area (Å²) in [6.07, 6.45) is 3.78. The highest BCUT2D eigenvalue weighted by atomic mass is 32.2. The third-order valence-corrected chi connectivity index (χ3v) is 6.91. The lowest BCUT2D eigenvalue weighted by atomic mass is 10.1. The molecule has 2 aromatic heterocycles. The highest BCUT2D eigenvalue weighted by molar-refractivity contribution is 7.79. The molecule has 38 heavy (non-hydrogen) atoms. The van der Waals surface area contributed by atoms with Gasteiger partial charge in [-0.15, -0.1) is 0 Å². The number of aromatic nitrogens is 4. The lowest BCUT2D eigenvalue weighted by Crippen LogP contribution is -2.44. The number of piperidine rings is 1. The second-order valence-electron chi connectivity index (χ2n) is 9.70. The van der Waals surface area contributed by atoms with Gasteiger partial charge < -0.3 is 25.1 Å². The molecule has 3 heterocycles. The Bertz CT molecular complexity index is 1530. The number of ketones is 1. The minimum Gasteiger partial charge on any atom is -0.372 e. The average Bonchev–Trinajstić information content (AvgIpc) is 3.27. The monoisotopic (exact) mass is 543 g/mol. The van der Waals surface area contributed by atoms with Crippen molar-refractivity contribution >= 4 is 39.7 Å². The summed E-state index contributed by atoms with van der Waals surface area (Å²) in [4.78, 5) is 46.9. The second kappa shape index (κ2) is 11.5. The van der Waals surface area contributed by atoms with Gasteiger partial charge in [0.15, 0.2) is 28.0 Å². The molecule has 0 amide bonds. The molecule has 12 nitrogen and oxygen atoms in total. The van der Waals surface area contributed by atoms with Gasteiger partial charge in [-0.2, -0.15) is 4.98 Å². The smallest absolute Gasteiger partial charge is 0.332 e. The largest absolute Gasteiger partial charge is 0.372 e. The molecule has 1 aromatic carbocycles. The number of allylic oxidation sites excluding steroid dienone is 2. The van der Waals surface area contributed by atoms with Crippen LogP contribution in [0.5, 0.6) is 0 Å². The van der Waals surface area contributed by atoms with Crippen molar-refractivity contribution in [3.05, 3.63) is 62.3 Å². The van der Waals surface area contributed by atoms with Crippen molar-refractivity contribution < 1.29 is 13.6 Å². The van der Waals surface area contributed by atoms with Gasteiger partial charge in [-0.3, -0.25) is 18.7 Å². The number of nitrogens with two attached hydrogens (primary N) is 1. The van der Waals surface area contributed by atoms with Crippen LogP contribution in [0, 0.1) is 0 Å². The lowest BCUT2D eigenvalue weighted by Gasteiger charge is -2.31. The fourth-order valence-corrected chi connectivity index (χ4v) is 4.85. The zero-order chi connectivity index (χ0) is 27.6. The quantitative estimate of drug-likeness (QED) is 0.205. The van der Waals surface area contributed by atoms with Crippen LogP contribution in [-0.4, -0.2) is 58.2 Å². The molecule has 0 radical (unpaired) electrons. The Morgan fingerprint density at radius 2 is 2.05 bits per heavy atom. The fraction of sp³-hybridized carbons (Fsp3) is 0.440. The maximum Gasteiger partial charge on any atom is 0.332 e. The zero-order valence-electron chi connectivity index (χ0n) is 21.7. The van der Waals surface area contributed by atoms with Gasteiger partial charge in [0.2, 0.25) is 5.95 Å². The van der Waals surface area contributed by atoms with Crippen LogP contribution in [0.15, 0.2) is 45.5 Å². The Balaban J connectivity index is 1.78. The van der Waals surface area contributed by atoms with Crippen molar-refractivity contribution in [3.8, 4) is 0 Å². The number of aryl methyl sites for hydroxylation is 1. The van der Waals surface area contributed by atoms with Crippen molar-refractivity contribution in [1.82, 2.24) is 18.7 Å². The first-order chi connectivity index (χ1) is 18.1. The van der Waals surface area contributed by atoms with Crippen molar-refractivity contribution in [2.24, 2.45) is 12.8 Å². The van der Waals surface area contributed by atoms with Crippen LogP contribution >= 0.6 is 0 Å². The number of hydrogen-bond donors (Lipinski definition) is 3. The SMILES string of the molecule is CC(C)=CCn1c(N2CCCC(N)C2)nc2c1c(=O)n(CC(=O)c1cccc(NCS(=O)O)c1)c(=O)n2C. The van der Waals surface area contributed by atoms with Crippen molar-refractivity contribution in [1.29, 1.82) is 0 Å². The number of hydrogen-bond acceptors (Lipinski definition) is 8. The summed E-state index contributed by atoms with van der Waals surface area (Å²) in [6.45, 7) is 5.16. The molecule has 1 fully saturated rings. The predicted molar refractivity (Wildman–Crippen MR) is 148 cm³/mol. The van der Waals surface area contributed by atoms with E-state index in [1.807, 2.05) is 24.8 Å². The summed E-state index contributed by atoms with van der Waals surface area (Å²) >= 11 is -2.05. The van der Waals surface area contributed by atoms with Gasteiger partial charge in [-0.05, 0) is 38.8 Å². The number of imidazole rings is 1. The maximum atomic E-state index is 13.7. The van der Waals surface area contributed by atoms with Gasteiger partial charge in [0, 0.05) is 44.0 Å². The minimum absolute atomic E-state index is 0.0128. The van der Waals surface area contributed by atoms with Crippen LogP contribution in [0.1, 0.15) is 37.0 Å². The first kappa shape index (κ1) is 27.5. The molecule has 1 saturated heterocycles. The molecule has 4 N–H and O–H groups in total. The number of benzene rings is 1. The average molecular weight is 544 g/mol. The summed E-state index contributed by atoms with van der Waals surface area (Å²) < 4.78 is 24.0. The molecule has 204 valence electrons. The van der Waals surface area contributed by atoms with Crippen molar-refractivity contribution in [2.75, 3.05) is 29.2 Å². The number of carbonyl (C=O) groups is 1. The first-order valence-corrected chi connectivity index (χ1v) is 13.6. The topological polar surface area (TPSA) is 157 Å². The Morgan fingerprint density at radius 3 is 2.74 bits per heavy atom. The minimum atomic E-state index is -2.05. The van der Waals surface area contributed by atoms with Gasteiger partial charge in [0.1, 0.15) is 5.88 Å². The summed E-state index contributed by atoms with van der Waals surface area (Å²) in [7, 11) is 1.54. The number of anilines is 2. The Hall–Kier alpha value is -3.55. The molecule has 2 unspecified atom stereocenters. The Kier molecular flexibility index (Phi) is 8.29. The lowest BCUT2D eigenvalue weighted by molar-refractivity contribution is 0.0969. The van der Waals surface area contributed by atoms with E-state index in [1.54, 1.807) is 22.8 Å². The molecule has 0 bridgehead atoms. The molecule has 13 heteroatoms. The van der Waals surface area contributed by atoms with Gasteiger partial charge in [-0.25, -0.2) is 9.00 Å². The van der Waals surface area contributed by atoms with Crippen LogP contribution in [0.2, 0.25) is 0 Å². The second-order valence-corrected chi connectivity index (χ2v) is 10.6. The van der Waals surface area contributed by atoms with Crippen LogP contribution in [0.4, 0.5) is 11.6 Å². The standard InChI is InChI=1S/C25H33N7O5S/c1-16(2)9-11-31-21-22(28-24(31)30-10-5-7-18(26)13-30)29(3)25(35)32(23(21)34)14-20(33)17-6-4-8-19(12-17)27-15-38(36)37/h4,6,8-9,12,18,27H,5,7,10-11,13-15,26H2,1-3H3,(H,36,37). The van der Waals surface area contributed by atoms with E-state index < -0.39 is 34.7 Å². The van der Waals surface area contributed by atoms with E-state index in [9.17, 15) is 18.6 Å². The van der Waals surface area contributed by atoms with Crippen molar-refractivity contribution in [3.63, 3.8) is 0 Å².